The first kappa shape index (κ1) is 14.9. The van der Waals surface area contributed by atoms with Gasteiger partial charge in [0.2, 0.25) is 10.0 Å². The van der Waals surface area contributed by atoms with E-state index in [0.717, 1.165) is 23.8 Å². The van der Waals surface area contributed by atoms with Crippen molar-refractivity contribution in [1.29, 1.82) is 0 Å². The fraction of sp³-hybridized carbons (Fsp3) is 0.533. The number of hydrogen-bond acceptors (Lipinski definition) is 6. The molecule has 2 fully saturated rings. The molecule has 7 nitrogen and oxygen atoms in total. The van der Waals surface area contributed by atoms with Gasteiger partial charge in [0.1, 0.15) is 5.52 Å². The molecule has 4 rings (SSSR count). The van der Waals surface area contributed by atoms with Crippen molar-refractivity contribution >= 4 is 27.1 Å². The minimum atomic E-state index is -3.30. The largest absolute Gasteiger partial charge is 0.424 e. The number of aromatic nitrogens is 1. The predicted octanol–water partition coefficient (Wildman–Crippen LogP) is 1.25. The fourth-order valence-corrected chi connectivity index (χ4v) is 4.31. The van der Waals surface area contributed by atoms with Gasteiger partial charge in [-0.2, -0.15) is 4.98 Å². The predicted molar refractivity (Wildman–Crippen MR) is 85.8 cm³/mol. The molecule has 0 radical (unpaired) electrons. The van der Waals surface area contributed by atoms with E-state index in [1.54, 1.807) is 0 Å². The molecule has 2 aromatic rings. The average Bonchev–Trinajstić information content (AvgIpc) is 3.05. The molecular formula is C15H19N3O4S. The van der Waals surface area contributed by atoms with E-state index in [4.69, 9.17) is 9.15 Å². The summed E-state index contributed by atoms with van der Waals surface area (Å²) >= 11 is 0. The molecule has 2 N–H and O–H groups in total. The molecule has 1 aliphatic carbocycles. The van der Waals surface area contributed by atoms with Crippen molar-refractivity contribution in [2.75, 3.05) is 18.2 Å². The SMILES string of the molecule is Cc1ccc2oc(N[C@@H]3[C@@H]4CCO[C@@H]4[C@H]3NS(C)(=O)=O)nc2c1. The van der Waals surface area contributed by atoms with Crippen molar-refractivity contribution in [2.24, 2.45) is 5.92 Å². The third kappa shape index (κ3) is 2.71. The van der Waals surface area contributed by atoms with E-state index >= 15 is 0 Å². The van der Waals surface area contributed by atoms with Gasteiger partial charge in [0.15, 0.2) is 5.58 Å². The van der Waals surface area contributed by atoms with Crippen LogP contribution < -0.4 is 10.0 Å². The Labute approximate surface area is 134 Å². The number of aryl methyl sites for hydroxylation is 1. The highest BCUT2D eigenvalue weighted by atomic mass is 32.2. The molecule has 0 spiro atoms. The summed E-state index contributed by atoms with van der Waals surface area (Å²) in [5, 5.41) is 3.25. The van der Waals surface area contributed by atoms with E-state index in [0.29, 0.717) is 18.2 Å². The molecule has 4 atom stereocenters. The molecule has 1 aromatic carbocycles. The quantitative estimate of drug-likeness (QED) is 0.872. The van der Waals surface area contributed by atoms with Crippen LogP contribution in [0.25, 0.3) is 11.1 Å². The van der Waals surface area contributed by atoms with Crippen LogP contribution >= 0.6 is 0 Å². The van der Waals surface area contributed by atoms with Crippen LogP contribution in [0, 0.1) is 12.8 Å². The number of ether oxygens (including phenoxy) is 1. The number of sulfonamides is 1. The molecule has 23 heavy (non-hydrogen) atoms. The number of anilines is 1. The van der Waals surface area contributed by atoms with Crippen LogP contribution in [0.2, 0.25) is 0 Å². The van der Waals surface area contributed by atoms with Crippen molar-refractivity contribution < 1.29 is 17.6 Å². The Morgan fingerprint density at radius 2 is 2.13 bits per heavy atom. The van der Waals surface area contributed by atoms with Gasteiger partial charge >= 0.3 is 0 Å². The first-order valence-electron chi connectivity index (χ1n) is 7.63. The topological polar surface area (TPSA) is 93.5 Å². The summed E-state index contributed by atoms with van der Waals surface area (Å²) in [6, 6.07) is 5.85. The van der Waals surface area contributed by atoms with Crippen LogP contribution in [-0.2, 0) is 14.8 Å². The molecule has 8 heteroatoms. The summed E-state index contributed by atoms with van der Waals surface area (Å²) in [4.78, 5) is 4.44. The summed E-state index contributed by atoms with van der Waals surface area (Å²) < 4.78 is 37.1. The van der Waals surface area contributed by atoms with Gasteiger partial charge in [-0.05, 0) is 31.0 Å². The number of rotatable bonds is 4. The summed E-state index contributed by atoms with van der Waals surface area (Å²) in [6.45, 7) is 2.65. The van der Waals surface area contributed by atoms with Gasteiger partial charge in [0, 0.05) is 12.5 Å². The highest BCUT2D eigenvalue weighted by molar-refractivity contribution is 7.88. The third-order valence-electron chi connectivity index (χ3n) is 4.57. The summed E-state index contributed by atoms with van der Waals surface area (Å²) in [7, 11) is -3.30. The van der Waals surface area contributed by atoms with Gasteiger partial charge in [-0.3, -0.25) is 0 Å². The standard InChI is InChI=1S/C15H19N3O4S/c1-8-3-4-11-10(7-8)16-15(22-11)17-12-9-5-6-21-14(9)13(12)18-23(2,19)20/h3-4,7,9,12-14,18H,5-6H2,1-2H3,(H,16,17)/t9-,12+,13-,14-/m0/s1. The van der Waals surface area contributed by atoms with E-state index in [9.17, 15) is 8.42 Å². The van der Waals surface area contributed by atoms with Crippen LogP contribution in [0.15, 0.2) is 22.6 Å². The number of hydrogen-bond donors (Lipinski definition) is 2. The molecule has 1 saturated carbocycles. The van der Waals surface area contributed by atoms with Crippen LogP contribution in [0.1, 0.15) is 12.0 Å². The van der Waals surface area contributed by atoms with E-state index in [-0.39, 0.29) is 24.1 Å². The van der Waals surface area contributed by atoms with Gasteiger partial charge in [0.05, 0.1) is 24.4 Å². The van der Waals surface area contributed by atoms with Gasteiger partial charge in [-0.15, -0.1) is 0 Å². The van der Waals surface area contributed by atoms with Gasteiger partial charge in [-0.1, -0.05) is 6.07 Å². The molecule has 2 heterocycles. The minimum absolute atomic E-state index is 0.0751. The molecule has 0 bridgehead atoms. The fourth-order valence-electron chi connectivity index (χ4n) is 3.53. The van der Waals surface area contributed by atoms with E-state index in [1.807, 2.05) is 25.1 Å². The summed E-state index contributed by atoms with van der Waals surface area (Å²) in [6.07, 6.45) is 1.99. The smallest absolute Gasteiger partial charge is 0.295 e. The lowest BCUT2D eigenvalue weighted by molar-refractivity contribution is -0.00365. The normalized spacial score (nSPS) is 30.2. The molecule has 124 valence electrons. The molecular weight excluding hydrogens is 318 g/mol. The zero-order chi connectivity index (χ0) is 16.2. The summed E-state index contributed by atoms with van der Waals surface area (Å²) in [5.41, 5.74) is 2.62. The maximum absolute atomic E-state index is 11.6. The lowest BCUT2D eigenvalue weighted by atomic mass is 9.72. The summed E-state index contributed by atoms with van der Waals surface area (Å²) in [5.74, 6) is 0.269. The van der Waals surface area contributed by atoms with Crippen molar-refractivity contribution in [1.82, 2.24) is 9.71 Å². The zero-order valence-electron chi connectivity index (χ0n) is 12.9. The number of nitrogens with one attached hydrogen (secondary N) is 2. The molecule has 0 amide bonds. The third-order valence-corrected chi connectivity index (χ3v) is 5.27. The Bertz CT molecular complexity index is 848. The lowest BCUT2D eigenvalue weighted by Crippen LogP contribution is -2.67. The first-order valence-corrected chi connectivity index (χ1v) is 9.52. The second kappa shape index (κ2) is 5.19. The maximum Gasteiger partial charge on any atom is 0.295 e. The van der Waals surface area contributed by atoms with Crippen molar-refractivity contribution in [3.05, 3.63) is 23.8 Å². The van der Waals surface area contributed by atoms with Crippen LogP contribution in [-0.4, -0.2) is 44.5 Å². The minimum Gasteiger partial charge on any atom is -0.424 e. The van der Waals surface area contributed by atoms with Crippen LogP contribution in [0.5, 0.6) is 0 Å². The number of benzene rings is 1. The van der Waals surface area contributed by atoms with Crippen molar-refractivity contribution in [2.45, 2.75) is 31.5 Å². The number of fused-ring (bicyclic) bond motifs is 2. The van der Waals surface area contributed by atoms with E-state index < -0.39 is 10.0 Å². The second-order valence-electron chi connectivity index (χ2n) is 6.36. The maximum atomic E-state index is 11.6. The molecule has 1 saturated heterocycles. The number of oxazole rings is 1. The molecule has 1 aromatic heterocycles. The van der Waals surface area contributed by atoms with Crippen LogP contribution in [0.3, 0.4) is 0 Å². The Morgan fingerprint density at radius 1 is 1.30 bits per heavy atom. The Balaban J connectivity index is 1.57. The average molecular weight is 337 g/mol. The highest BCUT2D eigenvalue weighted by Crippen LogP contribution is 2.41. The monoisotopic (exact) mass is 337 g/mol. The second-order valence-corrected chi connectivity index (χ2v) is 8.14. The zero-order valence-corrected chi connectivity index (χ0v) is 13.8. The number of nitrogens with zero attached hydrogens (tertiary/aromatic N) is 1. The van der Waals surface area contributed by atoms with Crippen LogP contribution in [0.4, 0.5) is 6.01 Å². The Kier molecular flexibility index (Phi) is 3.36. The van der Waals surface area contributed by atoms with Gasteiger partial charge < -0.3 is 14.5 Å². The first-order chi connectivity index (χ1) is 10.9. The van der Waals surface area contributed by atoms with Crippen molar-refractivity contribution in [3.63, 3.8) is 0 Å². The van der Waals surface area contributed by atoms with E-state index in [2.05, 4.69) is 15.0 Å². The Hall–Kier alpha value is -1.64. The molecule has 2 aliphatic rings. The van der Waals surface area contributed by atoms with Gasteiger partial charge in [-0.25, -0.2) is 13.1 Å². The lowest BCUT2D eigenvalue weighted by Gasteiger charge is -2.47. The molecule has 1 aliphatic heterocycles. The Morgan fingerprint density at radius 3 is 2.91 bits per heavy atom. The highest BCUT2D eigenvalue weighted by Gasteiger charge is 2.55. The van der Waals surface area contributed by atoms with Crippen molar-refractivity contribution in [3.8, 4) is 0 Å². The van der Waals surface area contributed by atoms with Gasteiger partial charge in [0.25, 0.3) is 6.01 Å². The van der Waals surface area contributed by atoms with E-state index in [1.165, 1.54) is 0 Å². The molecule has 0 unspecified atom stereocenters.